The first-order valence-electron chi connectivity index (χ1n) is 5.22. The van der Waals surface area contributed by atoms with Crippen LogP contribution in [0.15, 0.2) is 0 Å². The molecule has 2 rings (SSSR count). The number of hydrogen-bond acceptors (Lipinski definition) is 2. The maximum absolute atomic E-state index is 4.63. The molecule has 0 amide bonds. The molecule has 3 nitrogen and oxygen atoms in total. The summed E-state index contributed by atoms with van der Waals surface area (Å²) in [5.74, 6) is 1.11. The molecule has 0 saturated carbocycles. The van der Waals surface area contributed by atoms with Crippen molar-refractivity contribution in [3.63, 3.8) is 0 Å². The highest BCUT2D eigenvalue weighted by molar-refractivity contribution is 5.39. The fourth-order valence-corrected chi connectivity index (χ4v) is 1.98. The Balaban J connectivity index is 2.68. The van der Waals surface area contributed by atoms with Crippen LogP contribution in [0.2, 0.25) is 0 Å². The molecule has 0 radical (unpaired) electrons. The fraction of sp³-hybridized carbons (Fsp3) is 0.545. The topological polar surface area (TPSA) is 21.1 Å². The van der Waals surface area contributed by atoms with Crippen LogP contribution in [0, 0.1) is 0 Å². The predicted octanol–water partition coefficient (Wildman–Crippen LogP) is 0.324. The molecule has 2 heterocycles. The highest BCUT2D eigenvalue weighted by atomic mass is 15.3. The van der Waals surface area contributed by atoms with Gasteiger partial charge in [-0.3, -0.25) is 0 Å². The number of rotatable bonds is 1. The Bertz CT molecular complexity index is 442. The molecule has 0 saturated heterocycles. The molecule has 76 valence electrons. The number of imidazole rings is 1. The smallest absolute Gasteiger partial charge is 0.206 e. The highest BCUT2D eigenvalue weighted by Gasteiger charge is 2.17. The second kappa shape index (κ2) is 3.48. The number of nitrogens with zero attached hydrogens (tertiary/aromatic N) is 3. The normalized spacial score (nSPS) is 18.1. The summed E-state index contributed by atoms with van der Waals surface area (Å²) < 4.78 is 2.29. The van der Waals surface area contributed by atoms with Gasteiger partial charge in [0.25, 0.3) is 0 Å². The Hall–Kier alpha value is -1.25. The fourth-order valence-electron chi connectivity index (χ4n) is 1.98. The maximum Gasteiger partial charge on any atom is 0.206 e. The zero-order valence-electron chi connectivity index (χ0n) is 9.12. The molecule has 0 bridgehead atoms. The second-order valence-electron chi connectivity index (χ2n) is 3.66. The van der Waals surface area contributed by atoms with Gasteiger partial charge in [0.1, 0.15) is 0 Å². The van der Waals surface area contributed by atoms with Gasteiger partial charge in [-0.05, 0) is 13.3 Å². The zero-order valence-corrected chi connectivity index (χ0v) is 9.12. The number of aromatic nitrogens is 2. The van der Waals surface area contributed by atoms with Crippen molar-refractivity contribution in [1.29, 1.82) is 0 Å². The second-order valence-corrected chi connectivity index (χ2v) is 3.66. The van der Waals surface area contributed by atoms with E-state index in [9.17, 15) is 0 Å². The first-order valence-corrected chi connectivity index (χ1v) is 5.22. The molecular weight excluding hydrogens is 174 g/mol. The first-order chi connectivity index (χ1) is 6.77. The van der Waals surface area contributed by atoms with Crippen LogP contribution in [-0.4, -0.2) is 23.1 Å². The van der Waals surface area contributed by atoms with Crippen molar-refractivity contribution in [2.75, 3.05) is 18.5 Å². The number of likely N-dealkylation sites (N-methyl/N-ethyl adjacent to an activating group) is 1. The molecule has 0 N–H and O–H groups in total. The number of hydrogen-bond donors (Lipinski definition) is 0. The van der Waals surface area contributed by atoms with Gasteiger partial charge >= 0.3 is 0 Å². The lowest BCUT2D eigenvalue weighted by atomic mass is 10.4. The third-order valence-electron chi connectivity index (χ3n) is 2.69. The van der Waals surface area contributed by atoms with Crippen LogP contribution >= 0.6 is 0 Å². The van der Waals surface area contributed by atoms with Crippen LogP contribution in [0.4, 0.5) is 5.95 Å². The molecule has 3 heteroatoms. The van der Waals surface area contributed by atoms with Crippen LogP contribution in [0.5, 0.6) is 0 Å². The highest BCUT2D eigenvalue weighted by Crippen LogP contribution is 2.11. The lowest BCUT2D eigenvalue weighted by Gasteiger charge is -2.04. The largest absolute Gasteiger partial charge is 0.343 e. The van der Waals surface area contributed by atoms with Crippen molar-refractivity contribution < 1.29 is 0 Å². The van der Waals surface area contributed by atoms with E-state index in [0.717, 1.165) is 30.8 Å². The summed E-state index contributed by atoms with van der Waals surface area (Å²) in [5.41, 5.74) is 0. The van der Waals surface area contributed by atoms with E-state index in [0.29, 0.717) is 0 Å². The van der Waals surface area contributed by atoms with Crippen molar-refractivity contribution in [1.82, 2.24) is 9.55 Å². The molecule has 0 aliphatic carbocycles. The first kappa shape index (κ1) is 9.31. The van der Waals surface area contributed by atoms with Gasteiger partial charge in [0.15, 0.2) is 0 Å². The third-order valence-corrected chi connectivity index (χ3v) is 2.69. The van der Waals surface area contributed by atoms with E-state index in [-0.39, 0.29) is 0 Å². The average Bonchev–Trinajstić information content (AvgIpc) is 2.68. The standard InChI is InChI=1S/C11H17N3/c1-4-6-9-10(5-2)14-8-7-13(3)11(14)12-9/h5-6H,4,7-8H2,1-3H3/b9-6+,10-5+. The Kier molecular flexibility index (Phi) is 2.32. The molecule has 1 aliphatic heterocycles. The predicted molar refractivity (Wildman–Crippen MR) is 59.6 cm³/mol. The molecule has 1 aromatic rings. The summed E-state index contributed by atoms with van der Waals surface area (Å²) in [6, 6.07) is 0. The molecule has 0 unspecified atom stereocenters. The Morgan fingerprint density at radius 3 is 2.86 bits per heavy atom. The third kappa shape index (κ3) is 1.24. The molecule has 0 spiro atoms. The van der Waals surface area contributed by atoms with Gasteiger partial charge in [-0.25, -0.2) is 4.98 Å². The van der Waals surface area contributed by atoms with E-state index in [2.05, 4.69) is 47.5 Å². The van der Waals surface area contributed by atoms with Crippen LogP contribution in [0.3, 0.4) is 0 Å². The van der Waals surface area contributed by atoms with Gasteiger partial charge < -0.3 is 9.47 Å². The molecule has 14 heavy (non-hydrogen) atoms. The average molecular weight is 191 g/mol. The summed E-state index contributed by atoms with van der Waals surface area (Å²) in [6.07, 6.45) is 5.38. The van der Waals surface area contributed by atoms with E-state index in [4.69, 9.17) is 0 Å². The molecule has 0 fully saturated rings. The minimum atomic E-state index is 1.04. The van der Waals surface area contributed by atoms with Crippen molar-refractivity contribution in [3.8, 4) is 0 Å². The van der Waals surface area contributed by atoms with Gasteiger partial charge in [0.05, 0.1) is 10.7 Å². The van der Waals surface area contributed by atoms with Crippen LogP contribution in [0.1, 0.15) is 20.3 Å². The van der Waals surface area contributed by atoms with E-state index in [1.54, 1.807) is 0 Å². The summed E-state index contributed by atoms with van der Waals surface area (Å²) in [7, 11) is 2.10. The van der Waals surface area contributed by atoms with Gasteiger partial charge in [-0.15, -0.1) is 0 Å². The van der Waals surface area contributed by atoms with E-state index >= 15 is 0 Å². The summed E-state index contributed by atoms with van der Waals surface area (Å²) in [4.78, 5) is 6.84. The summed E-state index contributed by atoms with van der Waals surface area (Å²) in [5, 5.41) is 2.41. The van der Waals surface area contributed by atoms with Gasteiger partial charge in [-0.1, -0.05) is 19.1 Å². The van der Waals surface area contributed by atoms with Crippen molar-refractivity contribution in [3.05, 3.63) is 10.7 Å². The molecule has 0 atom stereocenters. The zero-order chi connectivity index (χ0) is 10.1. The molecule has 1 aromatic heterocycles. The quantitative estimate of drug-likeness (QED) is 0.637. The van der Waals surface area contributed by atoms with E-state index < -0.39 is 0 Å². The van der Waals surface area contributed by atoms with Crippen molar-refractivity contribution in [2.24, 2.45) is 0 Å². The molecular formula is C11H17N3. The van der Waals surface area contributed by atoms with Gasteiger partial charge in [0, 0.05) is 20.1 Å². The van der Waals surface area contributed by atoms with Gasteiger partial charge in [0.2, 0.25) is 5.95 Å². The van der Waals surface area contributed by atoms with Crippen molar-refractivity contribution >= 4 is 18.1 Å². The minimum Gasteiger partial charge on any atom is -0.343 e. The lowest BCUT2D eigenvalue weighted by molar-refractivity contribution is 0.771. The van der Waals surface area contributed by atoms with E-state index in [1.165, 1.54) is 5.35 Å². The molecule has 0 aromatic carbocycles. The van der Waals surface area contributed by atoms with Crippen LogP contribution in [0.25, 0.3) is 12.2 Å². The summed E-state index contributed by atoms with van der Waals surface area (Å²) >= 11 is 0. The Morgan fingerprint density at radius 2 is 2.21 bits per heavy atom. The van der Waals surface area contributed by atoms with Crippen LogP contribution in [-0.2, 0) is 6.54 Å². The Labute approximate surface area is 84.4 Å². The Morgan fingerprint density at radius 1 is 1.43 bits per heavy atom. The minimum absolute atomic E-state index is 1.04. The number of fused-ring (bicyclic) bond motifs is 1. The van der Waals surface area contributed by atoms with Crippen molar-refractivity contribution in [2.45, 2.75) is 26.8 Å². The van der Waals surface area contributed by atoms with Gasteiger partial charge in [-0.2, -0.15) is 0 Å². The maximum atomic E-state index is 4.63. The number of anilines is 1. The van der Waals surface area contributed by atoms with E-state index in [1.807, 2.05) is 0 Å². The van der Waals surface area contributed by atoms with Crippen LogP contribution < -0.4 is 15.6 Å². The SMILES string of the molecule is C/C=c1\c(=C/CC)nc2n1CCN2C. The molecule has 1 aliphatic rings. The summed E-state index contributed by atoms with van der Waals surface area (Å²) in [6.45, 7) is 6.37. The monoisotopic (exact) mass is 191 g/mol. The lowest BCUT2D eigenvalue weighted by Crippen LogP contribution is -2.30.